The molecule has 0 aliphatic rings. The molecule has 0 aromatic rings. The Morgan fingerprint density at radius 3 is 2.73 bits per heavy atom. The van der Waals surface area contributed by atoms with Gasteiger partial charge in [-0.15, -0.1) is 0 Å². The molecule has 0 fully saturated rings. The van der Waals surface area contributed by atoms with E-state index in [4.69, 9.17) is 0 Å². The first-order valence-corrected chi connectivity index (χ1v) is 5.69. The van der Waals surface area contributed by atoms with Gasteiger partial charge >= 0.3 is 6.09 Å². The molecule has 0 saturated carbocycles. The maximum Gasteiger partial charge on any atom is 0.433 e. The van der Waals surface area contributed by atoms with E-state index in [0.717, 1.165) is 0 Å². The molecule has 1 N–H and O–H groups in total. The van der Waals surface area contributed by atoms with Crippen molar-refractivity contribution in [3.8, 4) is 0 Å². The summed E-state index contributed by atoms with van der Waals surface area (Å²) < 4.78 is 20.8. The van der Waals surface area contributed by atoms with Crippen LogP contribution in [0.15, 0.2) is 5.16 Å². The van der Waals surface area contributed by atoms with E-state index in [-0.39, 0.29) is 17.6 Å². The van der Waals surface area contributed by atoms with Crippen molar-refractivity contribution in [2.45, 2.75) is 13.8 Å². The highest BCUT2D eigenvalue weighted by Crippen LogP contribution is 2.09. The van der Waals surface area contributed by atoms with Gasteiger partial charge in [-0.25, -0.2) is 4.79 Å². The second-order valence-corrected chi connectivity index (χ2v) is 4.13. The second-order valence-electron chi connectivity index (χ2n) is 3.19. The molecule has 0 aromatic carbocycles. The van der Waals surface area contributed by atoms with Crippen LogP contribution in [0, 0.1) is 11.8 Å². The van der Waals surface area contributed by atoms with Crippen molar-refractivity contribution in [2.24, 2.45) is 17.0 Å². The van der Waals surface area contributed by atoms with Crippen molar-refractivity contribution >= 4 is 23.4 Å². The third-order valence-corrected chi connectivity index (χ3v) is 2.73. The quantitative estimate of drug-likeness (QED) is 0.325. The molecule has 6 nitrogen and oxygen atoms in total. The van der Waals surface area contributed by atoms with Gasteiger partial charge < -0.3 is 9.87 Å². The lowest BCUT2D eigenvalue weighted by Crippen LogP contribution is -2.19. The second kappa shape index (κ2) is 7.36. The lowest BCUT2D eigenvalue weighted by Gasteiger charge is -2.16. The first-order chi connectivity index (χ1) is 6.97. The lowest BCUT2D eigenvalue weighted by molar-refractivity contribution is 0.153. The summed E-state index contributed by atoms with van der Waals surface area (Å²) in [7, 11) is 1.42. The van der Waals surface area contributed by atoms with Crippen LogP contribution in [-0.4, -0.2) is 33.9 Å². The zero-order chi connectivity index (χ0) is 11.8. The van der Waals surface area contributed by atoms with Gasteiger partial charge in [0.15, 0.2) is 0 Å². The third kappa shape index (κ3) is 7.03. The molecule has 0 aliphatic heterocycles. The van der Waals surface area contributed by atoms with Gasteiger partial charge in [0.05, 0.1) is 0 Å². The Labute approximate surface area is 91.3 Å². The van der Waals surface area contributed by atoms with Crippen molar-refractivity contribution < 1.29 is 18.4 Å². The monoisotopic (exact) mass is 235 g/mol. The molecule has 88 valence electrons. The Bertz CT molecular complexity index is 257. The molecule has 1 amide bonds. The van der Waals surface area contributed by atoms with Crippen molar-refractivity contribution in [2.75, 3.05) is 12.8 Å². The van der Waals surface area contributed by atoms with Crippen LogP contribution in [0.5, 0.6) is 0 Å². The van der Waals surface area contributed by atoms with Gasteiger partial charge in [0.2, 0.25) is 0 Å². The Morgan fingerprint density at radius 1 is 1.67 bits per heavy atom. The zero-order valence-electron chi connectivity index (χ0n) is 8.93. The third-order valence-electron chi connectivity index (χ3n) is 1.93. The van der Waals surface area contributed by atoms with Crippen LogP contribution >= 0.6 is 0 Å². The summed E-state index contributed by atoms with van der Waals surface area (Å²) in [4.78, 5) is 15.0. The van der Waals surface area contributed by atoms with Crippen molar-refractivity contribution in [1.29, 1.82) is 0 Å². The molecule has 0 aromatic heterocycles. The number of hydrogen-bond donors (Lipinski definition) is 1. The van der Waals surface area contributed by atoms with Crippen LogP contribution in [-0.2, 0) is 15.9 Å². The highest BCUT2D eigenvalue weighted by molar-refractivity contribution is 7.79. The number of carbonyl (C=O) groups is 1. The standard InChI is InChI=1S/C8H16N2O4S/c1-6(7(2)5-15(12)13)4-10-14-8(11)9-3/h4,6-7H,5H2,1-3H3,(H,9,11)(H,12,13)/p-1. The SMILES string of the molecule is CNC(=O)ON=CC(C)C(C)CS(=O)[O-]. The molecule has 7 heteroatoms. The summed E-state index contributed by atoms with van der Waals surface area (Å²) in [6.45, 7) is 3.58. The minimum atomic E-state index is -2.06. The highest BCUT2D eigenvalue weighted by atomic mass is 32.2. The average molecular weight is 235 g/mol. The molecule has 0 rings (SSSR count). The Hall–Kier alpha value is -0.950. The largest absolute Gasteiger partial charge is 0.772 e. The molecule has 0 spiro atoms. The number of hydrogen-bond acceptors (Lipinski definition) is 5. The summed E-state index contributed by atoms with van der Waals surface area (Å²) in [5.74, 6) is -0.0828. The van der Waals surface area contributed by atoms with Crippen LogP contribution in [0.2, 0.25) is 0 Å². The number of oxime groups is 1. The van der Waals surface area contributed by atoms with Crippen LogP contribution in [0.4, 0.5) is 4.79 Å². The minimum Gasteiger partial charge on any atom is -0.772 e. The number of nitrogens with one attached hydrogen (secondary N) is 1. The van der Waals surface area contributed by atoms with E-state index >= 15 is 0 Å². The predicted molar refractivity (Wildman–Crippen MR) is 56.1 cm³/mol. The average Bonchev–Trinajstić information content (AvgIpc) is 2.16. The minimum absolute atomic E-state index is 0.0627. The van der Waals surface area contributed by atoms with E-state index in [9.17, 15) is 13.6 Å². The molecule has 0 heterocycles. The maximum absolute atomic E-state index is 10.6. The zero-order valence-corrected chi connectivity index (χ0v) is 9.74. The van der Waals surface area contributed by atoms with E-state index in [1.54, 1.807) is 13.8 Å². The van der Waals surface area contributed by atoms with Crippen molar-refractivity contribution in [3.05, 3.63) is 0 Å². The van der Waals surface area contributed by atoms with E-state index in [2.05, 4.69) is 15.3 Å². The fourth-order valence-corrected chi connectivity index (χ4v) is 1.47. The summed E-state index contributed by atoms with van der Waals surface area (Å²) in [6.07, 6.45) is 0.755. The van der Waals surface area contributed by atoms with Crippen LogP contribution in [0.1, 0.15) is 13.8 Å². The summed E-state index contributed by atoms with van der Waals surface area (Å²) >= 11 is -2.06. The van der Waals surface area contributed by atoms with E-state index in [0.29, 0.717) is 0 Å². The van der Waals surface area contributed by atoms with E-state index in [1.165, 1.54) is 13.3 Å². The first-order valence-electron chi connectivity index (χ1n) is 4.45. The van der Waals surface area contributed by atoms with Crippen molar-refractivity contribution in [1.82, 2.24) is 5.32 Å². The summed E-state index contributed by atoms with van der Waals surface area (Å²) in [6, 6.07) is 0. The summed E-state index contributed by atoms with van der Waals surface area (Å²) in [5, 5.41) is 5.66. The number of nitrogens with zero attached hydrogens (tertiary/aromatic N) is 1. The summed E-state index contributed by atoms with van der Waals surface area (Å²) in [5.41, 5.74) is 0. The van der Waals surface area contributed by atoms with E-state index in [1.807, 2.05) is 0 Å². The highest BCUT2D eigenvalue weighted by Gasteiger charge is 2.10. The topological polar surface area (TPSA) is 90.8 Å². The van der Waals surface area contributed by atoms with Gasteiger partial charge in [-0.05, 0) is 11.8 Å². The van der Waals surface area contributed by atoms with Gasteiger partial charge in [-0.2, -0.15) is 0 Å². The maximum atomic E-state index is 10.6. The number of amides is 1. The molecular weight excluding hydrogens is 220 g/mol. The molecule has 3 atom stereocenters. The molecule has 0 aliphatic carbocycles. The molecule has 15 heavy (non-hydrogen) atoms. The molecular formula is C8H15N2O4S-. The van der Waals surface area contributed by atoms with Gasteiger partial charge in [0, 0.05) is 19.0 Å². The smallest absolute Gasteiger partial charge is 0.433 e. The lowest BCUT2D eigenvalue weighted by atomic mass is 10.00. The Kier molecular flexibility index (Phi) is 6.89. The van der Waals surface area contributed by atoms with Gasteiger partial charge in [-0.1, -0.05) is 30.1 Å². The Balaban J connectivity index is 3.95. The van der Waals surface area contributed by atoms with Gasteiger partial charge in [-0.3, -0.25) is 9.05 Å². The molecule has 0 bridgehead atoms. The Morgan fingerprint density at radius 2 is 2.27 bits per heavy atom. The first kappa shape index (κ1) is 14.1. The number of carbonyl (C=O) groups excluding carboxylic acids is 1. The number of rotatable bonds is 5. The normalized spacial score (nSPS) is 17.1. The van der Waals surface area contributed by atoms with Crippen molar-refractivity contribution in [3.63, 3.8) is 0 Å². The predicted octanol–water partition coefficient (Wildman–Crippen LogP) is 0.480. The molecule has 0 saturated heterocycles. The fraction of sp³-hybridized carbons (Fsp3) is 0.750. The van der Waals surface area contributed by atoms with Crippen LogP contribution < -0.4 is 5.32 Å². The van der Waals surface area contributed by atoms with Crippen LogP contribution in [0.3, 0.4) is 0 Å². The van der Waals surface area contributed by atoms with Gasteiger partial charge in [0.25, 0.3) is 0 Å². The van der Waals surface area contributed by atoms with Crippen LogP contribution in [0.25, 0.3) is 0 Å². The fourth-order valence-electron chi connectivity index (χ4n) is 0.733. The van der Waals surface area contributed by atoms with E-state index < -0.39 is 17.2 Å². The molecule has 0 radical (unpaired) electrons. The molecule has 3 unspecified atom stereocenters. The van der Waals surface area contributed by atoms with Gasteiger partial charge in [0.1, 0.15) is 0 Å².